The highest BCUT2D eigenvalue weighted by atomic mass is 32.2. The Morgan fingerprint density at radius 1 is 0.784 bits per heavy atom. The fourth-order valence-electron chi connectivity index (χ4n) is 6.16. The molecule has 1 saturated heterocycles. The van der Waals surface area contributed by atoms with Gasteiger partial charge in [0.1, 0.15) is 5.69 Å². The van der Waals surface area contributed by atoms with Gasteiger partial charge in [-0.25, -0.2) is 9.97 Å². The number of nitrogens with zero attached hydrogens (tertiary/aromatic N) is 3. The van der Waals surface area contributed by atoms with Crippen LogP contribution in [-0.2, 0) is 22.6 Å². The molecule has 1 fully saturated rings. The standard InChI is InChI=1S/C41H34N4O4S2/c46-24-26-15-17-28(18-16-26)37-21-32(25-50-41-45-35-13-3-4-14-38(35)51-41)48-40(49-37)31-10-6-9-30(20-31)29-8-5-7-27(19-29)22-43-39(47)36-23-42-33-11-1-2-12-34(33)44-36/h1-20,23,32,37,40,46H,21-22,24-25H2,(H,43,47)/t32-,37+,40+/m0/s1. The van der Waals surface area contributed by atoms with Crippen molar-refractivity contribution < 1.29 is 19.4 Å². The van der Waals surface area contributed by atoms with E-state index in [1.165, 1.54) is 10.9 Å². The number of hydrogen-bond donors (Lipinski definition) is 2. The summed E-state index contributed by atoms with van der Waals surface area (Å²) in [5.41, 5.74) is 8.56. The minimum Gasteiger partial charge on any atom is -0.392 e. The van der Waals surface area contributed by atoms with E-state index in [-0.39, 0.29) is 30.4 Å². The average Bonchev–Trinajstić information content (AvgIpc) is 3.62. The molecule has 254 valence electrons. The van der Waals surface area contributed by atoms with E-state index in [1.807, 2.05) is 91.0 Å². The molecule has 0 spiro atoms. The number of para-hydroxylation sites is 3. The Morgan fingerprint density at radius 3 is 2.37 bits per heavy atom. The second-order valence-electron chi connectivity index (χ2n) is 12.4. The Labute approximate surface area is 303 Å². The lowest BCUT2D eigenvalue weighted by atomic mass is 9.99. The first kappa shape index (κ1) is 33.2. The van der Waals surface area contributed by atoms with Gasteiger partial charge >= 0.3 is 0 Å². The SMILES string of the molecule is O=C(NCc1cccc(-c2cccc([C@@H]3O[C@H](CSc4nc5ccccc5s4)C[C@H](c4ccc(CO)cc4)O3)c2)c1)c1cnc2ccccc2n1. The Morgan fingerprint density at radius 2 is 1.55 bits per heavy atom. The summed E-state index contributed by atoms with van der Waals surface area (Å²) in [5, 5.41) is 12.6. The third kappa shape index (κ3) is 7.70. The zero-order chi connectivity index (χ0) is 34.6. The third-order valence-corrected chi connectivity index (χ3v) is 11.1. The second kappa shape index (κ2) is 15.1. The molecule has 3 atom stereocenters. The molecule has 1 aliphatic rings. The van der Waals surface area contributed by atoms with Crippen molar-refractivity contribution in [2.75, 3.05) is 5.75 Å². The lowest BCUT2D eigenvalue weighted by Crippen LogP contribution is -2.31. The number of rotatable bonds is 10. The molecule has 5 aromatic carbocycles. The maximum absolute atomic E-state index is 12.9. The quantitative estimate of drug-likeness (QED) is 0.136. The van der Waals surface area contributed by atoms with Crippen LogP contribution in [0.25, 0.3) is 32.4 Å². The maximum Gasteiger partial charge on any atom is 0.271 e. The number of amides is 1. The summed E-state index contributed by atoms with van der Waals surface area (Å²) in [4.78, 5) is 26.6. The predicted molar refractivity (Wildman–Crippen MR) is 201 cm³/mol. The lowest BCUT2D eigenvalue weighted by molar-refractivity contribution is -0.245. The molecule has 0 aliphatic carbocycles. The summed E-state index contributed by atoms with van der Waals surface area (Å²) >= 11 is 3.42. The van der Waals surface area contributed by atoms with Crippen LogP contribution >= 0.6 is 23.1 Å². The summed E-state index contributed by atoms with van der Waals surface area (Å²) in [7, 11) is 0. The van der Waals surface area contributed by atoms with Crippen LogP contribution in [0.1, 0.15) is 51.6 Å². The molecular formula is C41H34N4O4S2. The summed E-state index contributed by atoms with van der Waals surface area (Å²) in [6.07, 6.45) is 1.37. The summed E-state index contributed by atoms with van der Waals surface area (Å²) < 4.78 is 15.5. The smallest absolute Gasteiger partial charge is 0.271 e. The molecule has 0 bridgehead atoms. The van der Waals surface area contributed by atoms with E-state index in [2.05, 4.69) is 45.6 Å². The monoisotopic (exact) mass is 710 g/mol. The molecule has 0 unspecified atom stereocenters. The largest absolute Gasteiger partial charge is 0.392 e. The number of benzene rings is 5. The van der Waals surface area contributed by atoms with E-state index in [0.717, 1.165) is 54.5 Å². The van der Waals surface area contributed by atoms with Crippen molar-refractivity contribution in [2.24, 2.45) is 0 Å². The van der Waals surface area contributed by atoms with Crippen molar-refractivity contribution in [2.45, 2.75) is 42.4 Å². The van der Waals surface area contributed by atoms with Crippen LogP contribution in [0, 0.1) is 0 Å². The van der Waals surface area contributed by atoms with Crippen LogP contribution in [-0.4, -0.2) is 37.8 Å². The average molecular weight is 711 g/mol. The predicted octanol–water partition coefficient (Wildman–Crippen LogP) is 8.67. The molecule has 2 N–H and O–H groups in total. The van der Waals surface area contributed by atoms with Crippen molar-refractivity contribution in [1.29, 1.82) is 0 Å². The molecule has 1 aliphatic heterocycles. The van der Waals surface area contributed by atoms with Crippen LogP contribution < -0.4 is 5.32 Å². The Balaban J connectivity index is 0.990. The van der Waals surface area contributed by atoms with E-state index in [9.17, 15) is 9.90 Å². The van der Waals surface area contributed by atoms with Crippen LogP contribution in [0.5, 0.6) is 0 Å². The highest BCUT2D eigenvalue weighted by molar-refractivity contribution is 8.01. The van der Waals surface area contributed by atoms with Crippen molar-refractivity contribution in [3.05, 3.63) is 155 Å². The molecule has 0 saturated carbocycles. The topological polar surface area (TPSA) is 106 Å². The number of ether oxygens (including phenoxy) is 2. The van der Waals surface area contributed by atoms with Gasteiger partial charge in [-0.3, -0.25) is 9.78 Å². The van der Waals surface area contributed by atoms with Gasteiger partial charge in [0.2, 0.25) is 0 Å². The minimum atomic E-state index is -0.576. The number of thioether (sulfide) groups is 1. The van der Waals surface area contributed by atoms with Crippen molar-refractivity contribution >= 4 is 50.3 Å². The van der Waals surface area contributed by atoms with Gasteiger partial charge in [-0.05, 0) is 64.2 Å². The van der Waals surface area contributed by atoms with E-state index >= 15 is 0 Å². The number of aliphatic hydroxyl groups is 1. The Kier molecular flexibility index (Phi) is 9.83. The van der Waals surface area contributed by atoms with Crippen molar-refractivity contribution in [3.63, 3.8) is 0 Å². The molecule has 2 aromatic heterocycles. The van der Waals surface area contributed by atoms with Gasteiger partial charge < -0.3 is 19.9 Å². The van der Waals surface area contributed by atoms with E-state index in [4.69, 9.17) is 14.5 Å². The highest BCUT2D eigenvalue weighted by Crippen LogP contribution is 2.41. The van der Waals surface area contributed by atoms with Gasteiger partial charge in [0, 0.05) is 24.3 Å². The molecular weight excluding hydrogens is 677 g/mol. The first-order valence-corrected chi connectivity index (χ1v) is 18.6. The van der Waals surface area contributed by atoms with E-state index in [1.54, 1.807) is 23.1 Å². The van der Waals surface area contributed by atoms with Gasteiger partial charge in [0.15, 0.2) is 10.6 Å². The maximum atomic E-state index is 12.9. The normalized spacial score (nSPS) is 17.5. The van der Waals surface area contributed by atoms with E-state index in [0.29, 0.717) is 18.5 Å². The zero-order valence-corrected chi connectivity index (χ0v) is 29.1. The van der Waals surface area contributed by atoms with Crippen LogP contribution in [0.2, 0.25) is 0 Å². The van der Waals surface area contributed by atoms with Gasteiger partial charge in [-0.1, -0.05) is 96.7 Å². The van der Waals surface area contributed by atoms with Gasteiger partial charge in [-0.15, -0.1) is 11.3 Å². The molecule has 8 rings (SSSR count). The Bertz CT molecular complexity index is 2280. The van der Waals surface area contributed by atoms with Crippen molar-refractivity contribution in [1.82, 2.24) is 20.3 Å². The summed E-state index contributed by atoms with van der Waals surface area (Å²) in [6, 6.07) is 40.0. The lowest BCUT2D eigenvalue weighted by Gasteiger charge is -2.36. The first-order chi connectivity index (χ1) is 25.1. The summed E-state index contributed by atoms with van der Waals surface area (Å²) in [5.74, 6) is 0.465. The third-order valence-electron chi connectivity index (χ3n) is 8.84. The first-order valence-electron chi connectivity index (χ1n) is 16.8. The summed E-state index contributed by atoms with van der Waals surface area (Å²) in [6.45, 7) is 0.346. The molecule has 8 nitrogen and oxygen atoms in total. The second-order valence-corrected chi connectivity index (χ2v) is 14.7. The number of carbonyl (C=O) groups is 1. The van der Waals surface area contributed by atoms with E-state index < -0.39 is 6.29 Å². The number of fused-ring (bicyclic) bond motifs is 2. The van der Waals surface area contributed by atoms with Crippen molar-refractivity contribution in [3.8, 4) is 11.1 Å². The molecule has 0 radical (unpaired) electrons. The van der Waals surface area contributed by atoms with Crippen LogP contribution in [0.4, 0.5) is 0 Å². The van der Waals surface area contributed by atoms with Gasteiger partial charge in [0.05, 0.1) is 46.3 Å². The highest BCUT2D eigenvalue weighted by Gasteiger charge is 2.32. The van der Waals surface area contributed by atoms with Gasteiger partial charge in [0.25, 0.3) is 5.91 Å². The molecule has 10 heteroatoms. The van der Waals surface area contributed by atoms with Crippen LogP contribution in [0.3, 0.4) is 0 Å². The van der Waals surface area contributed by atoms with Crippen LogP contribution in [0.15, 0.2) is 132 Å². The molecule has 3 heterocycles. The number of aromatic nitrogens is 3. The number of thiazole rings is 1. The molecule has 1 amide bonds. The number of carbonyl (C=O) groups excluding carboxylic acids is 1. The molecule has 7 aromatic rings. The fourth-order valence-corrected chi connectivity index (χ4v) is 8.28. The Hall–Kier alpha value is -4.97. The zero-order valence-electron chi connectivity index (χ0n) is 27.5. The fraction of sp³-hybridized carbons (Fsp3) is 0.171. The number of aliphatic hydroxyl groups excluding tert-OH is 1. The minimum absolute atomic E-state index is 0.00152. The van der Waals surface area contributed by atoms with Gasteiger partial charge in [-0.2, -0.15) is 0 Å². The number of hydrogen-bond acceptors (Lipinski definition) is 9. The number of nitrogens with one attached hydrogen (secondary N) is 1. The molecule has 51 heavy (non-hydrogen) atoms.